The van der Waals surface area contributed by atoms with E-state index in [4.69, 9.17) is 4.74 Å². The van der Waals surface area contributed by atoms with E-state index in [9.17, 15) is 4.79 Å². The van der Waals surface area contributed by atoms with Crippen LogP contribution in [-0.4, -0.2) is 12.5 Å². The minimum Gasteiger partial charge on any atom is -0.484 e. The molecule has 1 amide bonds. The van der Waals surface area contributed by atoms with Crippen LogP contribution in [0.15, 0.2) is 42.5 Å². The summed E-state index contributed by atoms with van der Waals surface area (Å²) in [7, 11) is 0. The highest BCUT2D eigenvalue weighted by atomic mass is 16.5. The van der Waals surface area contributed by atoms with Gasteiger partial charge >= 0.3 is 0 Å². The second-order valence-corrected chi connectivity index (χ2v) is 7.81. The number of rotatable bonds is 5. The Labute approximate surface area is 151 Å². The fraction of sp³-hybridized carbons (Fsp3) is 0.409. The number of hydrogen-bond donors (Lipinski definition) is 1. The molecule has 0 atom stereocenters. The molecule has 1 N–H and O–H groups in total. The van der Waals surface area contributed by atoms with Crippen LogP contribution < -0.4 is 10.1 Å². The average molecular weight is 339 g/mol. The lowest BCUT2D eigenvalue weighted by Crippen LogP contribution is -2.21. The van der Waals surface area contributed by atoms with Gasteiger partial charge in [-0.25, -0.2) is 0 Å². The van der Waals surface area contributed by atoms with Gasteiger partial charge in [0.15, 0.2) is 6.61 Å². The summed E-state index contributed by atoms with van der Waals surface area (Å²) in [5, 5.41) is 3.00. The van der Waals surface area contributed by atoms with Crippen molar-refractivity contribution >= 4 is 11.6 Å². The zero-order chi connectivity index (χ0) is 18.6. The van der Waals surface area contributed by atoms with Gasteiger partial charge in [0, 0.05) is 5.69 Å². The Morgan fingerprint density at radius 2 is 1.72 bits per heavy atom. The Balaban J connectivity index is 2.00. The van der Waals surface area contributed by atoms with Gasteiger partial charge in [0.25, 0.3) is 5.91 Å². The highest BCUT2D eigenvalue weighted by Crippen LogP contribution is 2.27. The fourth-order valence-electron chi connectivity index (χ4n) is 2.72. The van der Waals surface area contributed by atoms with Gasteiger partial charge in [-0.1, -0.05) is 65.0 Å². The smallest absolute Gasteiger partial charge is 0.262 e. The van der Waals surface area contributed by atoms with E-state index in [-0.39, 0.29) is 17.9 Å². The monoisotopic (exact) mass is 339 g/mol. The Morgan fingerprint density at radius 3 is 2.28 bits per heavy atom. The van der Waals surface area contributed by atoms with Crippen LogP contribution in [0.5, 0.6) is 5.75 Å². The van der Waals surface area contributed by atoms with Crippen LogP contribution in [-0.2, 0) is 10.2 Å². The maximum atomic E-state index is 12.3. The first-order valence-electron chi connectivity index (χ1n) is 8.81. The number of aryl methyl sites for hydroxylation is 1. The molecule has 3 heteroatoms. The van der Waals surface area contributed by atoms with Crippen molar-refractivity contribution in [3.05, 3.63) is 59.2 Å². The molecule has 0 aliphatic rings. The van der Waals surface area contributed by atoms with Gasteiger partial charge in [0.2, 0.25) is 0 Å². The number of ether oxygens (including phenoxy) is 1. The minimum atomic E-state index is -0.143. The molecule has 0 spiro atoms. The van der Waals surface area contributed by atoms with Gasteiger partial charge < -0.3 is 10.1 Å². The molecule has 2 aromatic rings. The molecule has 25 heavy (non-hydrogen) atoms. The summed E-state index contributed by atoms with van der Waals surface area (Å²) in [5.41, 5.74) is 4.45. The molecule has 0 bridgehead atoms. The summed E-state index contributed by atoms with van der Waals surface area (Å²) < 4.78 is 5.64. The molecule has 0 fully saturated rings. The number of amides is 1. The normalized spacial score (nSPS) is 11.5. The summed E-state index contributed by atoms with van der Waals surface area (Å²) in [5.74, 6) is 0.911. The molecule has 0 saturated carbocycles. The molecule has 0 aromatic heterocycles. The van der Waals surface area contributed by atoms with Crippen molar-refractivity contribution in [2.45, 2.75) is 52.9 Å². The highest BCUT2D eigenvalue weighted by Gasteiger charge is 2.14. The van der Waals surface area contributed by atoms with E-state index in [2.05, 4.69) is 46.0 Å². The number of anilines is 1. The van der Waals surface area contributed by atoms with Crippen molar-refractivity contribution in [2.24, 2.45) is 0 Å². The van der Waals surface area contributed by atoms with Crippen molar-refractivity contribution in [3.8, 4) is 5.75 Å². The summed E-state index contributed by atoms with van der Waals surface area (Å²) in [6.07, 6.45) is 0. The van der Waals surface area contributed by atoms with Crippen molar-refractivity contribution in [1.82, 2.24) is 0 Å². The van der Waals surface area contributed by atoms with Gasteiger partial charge in [-0.05, 0) is 47.1 Å². The van der Waals surface area contributed by atoms with E-state index in [1.807, 2.05) is 43.3 Å². The number of carbonyl (C=O) groups excluding carboxylic acids is 1. The molecule has 2 aromatic carbocycles. The molecule has 0 heterocycles. The lowest BCUT2D eigenvalue weighted by atomic mass is 9.87. The molecule has 0 aliphatic carbocycles. The van der Waals surface area contributed by atoms with Crippen molar-refractivity contribution in [2.75, 3.05) is 11.9 Å². The SMILES string of the molecule is Cc1cccc(C(C)C)c1NC(=O)COc1ccc(C(C)(C)C)cc1. The third kappa shape index (κ3) is 5.09. The zero-order valence-electron chi connectivity index (χ0n) is 16.1. The van der Waals surface area contributed by atoms with Crippen molar-refractivity contribution in [1.29, 1.82) is 0 Å². The Kier molecular flexibility index (Phi) is 5.89. The Morgan fingerprint density at radius 1 is 1.08 bits per heavy atom. The van der Waals surface area contributed by atoms with Crippen molar-refractivity contribution in [3.63, 3.8) is 0 Å². The zero-order valence-corrected chi connectivity index (χ0v) is 16.1. The largest absolute Gasteiger partial charge is 0.484 e. The maximum absolute atomic E-state index is 12.3. The summed E-state index contributed by atoms with van der Waals surface area (Å²) in [6, 6.07) is 14.0. The maximum Gasteiger partial charge on any atom is 0.262 e. The second kappa shape index (κ2) is 7.73. The van der Waals surface area contributed by atoms with E-state index in [1.54, 1.807) is 0 Å². The van der Waals surface area contributed by atoms with E-state index in [0.29, 0.717) is 11.7 Å². The van der Waals surface area contributed by atoms with Crippen LogP contribution >= 0.6 is 0 Å². The molecule has 0 radical (unpaired) electrons. The topological polar surface area (TPSA) is 38.3 Å². The molecule has 0 aliphatic heterocycles. The number of benzene rings is 2. The van der Waals surface area contributed by atoms with Crippen molar-refractivity contribution < 1.29 is 9.53 Å². The van der Waals surface area contributed by atoms with Gasteiger partial charge in [0.05, 0.1) is 0 Å². The van der Waals surface area contributed by atoms with E-state index in [1.165, 1.54) is 5.56 Å². The standard InChI is InChI=1S/C22H29NO2/c1-15(2)19-9-7-8-16(3)21(19)23-20(24)14-25-18-12-10-17(11-13-18)22(4,5)6/h7-13,15H,14H2,1-6H3,(H,23,24). The first-order valence-corrected chi connectivity index (χ1v) is 8.81. The first-order chi connectivity index (χ1) is 11.7. The predicted octanol–water partition coefficient (Wildman–Crippen LogP) is 5.43. The minimum absolute atomic E-state index is 0.000728. The number of para-hydroxylation sites is 1. The summed E-state index contributed by atoms with van der Waals surface area (Å²) in [6.45, 7) is 12.8. The van der Waals surface area contributed by atoms with Crippen LogP contribution in [0.4, 0.5) is 5.69 Å². The molecule has 134 valence electrons. The first kappa shape index (κ1) is 19.0. The van der Waals surface area contributed by atoms with Crippen LogP contribution in [0.2, 0.25) is 0 Å². The van der Waals surface area contributed by atoms with Crippen LogP contribution in [0.3, 0.4) is 0 Å². The van der Waals surface area contributed by atoms with E-state index >= 15 is 0 Å². The third-order valence-corrected chi connectivity index (χ3v) is 4.28. The van der Waals surface area contributed by atoms with Gasteiger partial charge in [-0.15, -0.1) is 0 Å². The third-order valence-electron chi connectivity index (χ3n) is 4.28. The fourth-order valence-corrected chi connectivity index (χ4v) is 2.72. The van der Waals surface area contributed by atoms with Crippen LogP contribution in [0.1, 0.15) is 57.2 Å². The molecule has 0 saturated heterocycles. The molecule has 2 rings (SSSR count). The summed E-state index contributed by atoms with van der Waals surface area (Å²) >= 11 is 0. The molecular formula is C22H29NO2. The van der Waals surface area contributed by atoms with Gasteiger partial charge in [0.1, 0.15) is 5.75 Å². The van der Waals surface area contributed by atoms with Gasteiger partial charge in [-0.3, -0.25) is 4.79 Å². The van der Waals surface area contributed by atoms with E-state index in [0.717, 1.165) is 16.8 Å². The average Bonchev–Trinajstić information content (AvgIpc) is 2.54. The van der Waals surface area contributed by atoms with Crippen LogP contribution in [0.25, 0.3) is 0 Å². The van der Waals surface area contributed by atoms with Gasteiger partial charge in [-0.2, -0.15) is 0 Å². The molecule has 0 unspecified atom stereocenters. The number of nitrogens with one attached hydrogen (secondary N) is 1. The molecular weight excluding hydrogens is 310 g/mol. The lowest BCUT2D eigenvalue weighted by Gasteiger charge is -2.19. The quantitative estimate of drug-likeness (QED) is 0.788. The predicted molar refractivity (Wildman–Crippen MR) is 105 cm³/mol. The number of hydrogen-bond acceptors (Lipinski definition) is 2. The Bertz CT molecular complexity index is 725. The Hall–Kier alpha value is -2.29. The molecule has 3 nitrogen and oxygen atoms in total. The van der Waals surface area contributed by atoms with E-state index < -0.39 is 0 Å². The summed E-state index contributed by atoms with van der Waals surface area (Å²) in [4.78, 5) is 12.3. The lowest BCUT2D eigenvalue weighted by molar-refractivity contribution is -0.118. The highest BCUT2D eigenvalue weighted by molar-refractivity contribution is 5.93. The number of carbonyl (C=O) groups is 1. The van der Waals surface area contributed by atoms with Crippen LogP contribution in [0, 0.1) is 6.92 Å². The second-order valence-electron chi connectivity index (χ2n) is 7.81.